The number of carbonyl (C=O) groups excluding carboxylic acids is 1. The summed E-state index contributed by atoms with van der Waals surface area (Å²) in [5.41, 5.74) is 1.52. The maximum Gasteiger partial charge on any atom is 0.326 e. The van der Waals surface area contributed by atoms with Gasteiger partial charge in [-0.15, -0.1) is 0 Å². The molecule has 1 atom stereocenters. The summed E-state index contributed by atoms with van der Waals surface area (Å²) in [4.78, 5) is 26.3. The van der Waals surface area contributed by atoms with Crippen LogP contribution in [0.15, 0.2) is 41.3 Å². The van der Waals surface area contributed by atoms with Crippen molar-refractivity contribution in [1.82, 2.24) is 14.9 Å². The van der Waals surface area contributed by atoms with Crippen molar-refractivity contribution in [3.63, 3.8) is 0 Å². The summed E-state index contributed by atoms with van der Waals surface area (Å²) >= 11 is 3.36. The number of aliphatic carboxylic acids is 1. The number of amides is 1. The molecule has 1 aromatic carbocycles. The fraction of sp³-hybridized carbons (Fsp3) is 0.214. The molecular weight excluding hydrogens is 338 g/mol. The Balaban J connectivity index is 2.13. The van der Waals surface area contributed by atoms with Gasteiger partial charge in [0.15, 0.2) is 0 Å². The van der Waals surface area contributed by atoms with Gasteiger partial charge in [-0.3, -0.25) is 4.79 Å². The van der Waals surface area contributed by atoms with Crippen molar-refractivity contribution in [3.05, 3.63) is 47.0 Å². The SMILES string of the molecule is CC(=O)N[C@@H](Cc1cn(-c2ccc(Br)cc2)cn1)C(=O)O. The Morgan fingerprint density at radius 2 is 2.05 bits per heavy atom. The van der Waals surface area contributed by atoms with Crippen LogP contribution in [0.5, 0.6) is 0 Å². The zero-order valence-corrected chi connectivity index (χ0v) is 12.9. The summed E-state index contributed by atoms with van der Waals surface area (Å²) in [5, 5.41) is 11.5. The molecule has 2 rings (SSSR count). The van der Waals surface area contributed by atoms with E-state index in [1.54, 1.807) is 17.1 Å². The van der Waals surface area contributed by atoms with Gasteiger partial charge < -0.3 is 15.0 Å². The van der Waals surface area contributed by atoms with Gasteiger partial charge in [-0.1, -0.05) is 15.9 Å². The number of benzene rings is 1. The fourth-order valence-electron chi connectivity index (χ4n) is 1.88. The largest absolute Gasteiger partial charge is 0.480 e. The van der Waals surface area contributed by atoms with Gasteiger partial charge >= 0.3 is 5.97 Å². The minimum atomic E-state index is -1.08. The standard InChI is InChI=1S/C14H14BrN3O3/c1-9(19)17-13(14(20)21)6-11-7-18(8-16-11)12-4-2-10(15)3-5-12/h2-5,7-8,13H,6H2,1H3,(H,17,19)(H,20,21)/t13-/m0/s1. The van der Waals surface area contributed by atoms with E-state index in [1.165, 1.54) is 6.92 Å². The lowest BCUT2D eigenvalue weighted by Gasteiger charge is -2.11. The molecule has 2 N–H and O–H groups in total. The van der Waals surface area contributed by atoms with Crippen molar-refractivity contribution in [2.45, 2.75) is 19.4 Å². The number of nitrogens with zero attached hydrogens (tertiary/aromatic N) is 2. The number of nitrogens with one attached hydrogen (secondary N) is 1. The molecule has 1 heterocycles. The minimum absolute atomic E-state index is 0.137. The summed E-state index contributed by atoms with van der Waals surface area (Å²) in [5.74, 6) is -1.46. The first-order valence-corrected chi connectivity index (χ1v) is 7.03. The van der Waals surface area contributed by atoms with E-state index in [0.717, 1.165) is 10.2 Å². The fourth-order valence-corrected chi connectivity index (χ4v) is 2.14. The highest BCUT2D eigenvalue weighted by molar-refractivity contribution is 9.10. The van der Waals surface area contributed by atoms with E-state index in [9.17, 15) is 9.59 Å². The molecule has 0 saturated carbocycles. The molecule has 1 amide bonds. The molecule has 0 unspecified atom stereocenters. The second-order valence-electron chi connectivity index (χ2n) is 4.54. The van der Waals surface area contributed by atoms with Gasteiger partial charge in [-0.25, -0.2) is 9.78 Å². The van der Waals surface area contributed by atoms with Crippen LogP contribution in [0.3, 0.4) is 0 Å². The molecule has 2 aromatic rings. The molecule has 0 saturated heterocycles. The number of aromatic nitrogens is 2. The topological polar surface area (TPSA) is 84.2 Å². The Bertz CT molecular complexity index is 652. The highest BCUT2D eigenvalue weighted by Gasteiger charge is 2.20. The molecule has 0 bridgehead atoms. The molecule has 0 aliphatic rings. The quantitative estimate of drug-likeness (QED) is 0.859. The molecule has 0 aliphatic carbocycles. The normalized spacial score (nSPS) is 11.9. The minimum Gasteiger partial charge on any atom is -0.480 e. The van der Waals surface area contributed by atoms with Crippen LogP contribution in [0.25, 0.3) is 5.69 Å². The van der Waals surface area contributed by atoms with Crippen molar-refractivity contribution in [2.75, 3.05) is 0 Å². The molecule has 0 spiro atoms. The Hall–Kier alpha value is -2.15. The van der Waals surface area contributed by atoms with Crippen molar-refractivity contribution in [1.29, 1.82) is 0 Å². The number of carboxylic acids is 1. The van der Waals surface area contributed by atoms with E-state index >= 15 is 0 Å². The van der Waals surface area contributed by atoms with E-state index in [4.69, 9.17) is 5.11 Å². The van der Waals surface area contributed by atoms with Crippen molar-refractivity contribution in [3.8, 4) is 5.69 Å². The van der Waals surface area contributed by atoms with Crippen molar-refractivity contribution >= 4 is 27.8 Å². The Morgan fingerprint density at radius 3 is 2.62 bits per heavy atom. The van der Waals surface area contributed by atoms with Crippen LogP contribution in [0.4, 0.5) is 0 Å². The lowest BCUT2D eigenvalue weighted by atomic mass is 10.1. The van der Waals surface area contributed by atoms with Crippen LogP contribution in [0, 0.1) is 0 Å². The van der Waals surface area contributed by atoms with Crippen LogP contribution in [0.2, 0.25) is 0 Å². The smallest absolute Gasteiger partial charge is 0.326 e. The molecule has 1 aromatic heterocycles. The zero-order valence-electron chi connectivity index (χ0n) is 11.3. The average Bonchev–Trinajstić information content (AvgIpc) is 2.87. The van der Waals surface area contributed by atoms with Crippen LogP contribution in [0.1, 0.15) is 12.6 Å². The number of hydrogen-bond acceptors (Lipinski definition) is 3. The Labute approximate surface area is 129 Å². The van der Waals surface area contributed by atoms with E-state index in [-0.39, 0.29) is 12.3 Å². The van der Waals surface area contributed by atoms with Gasteiger partial charge in [-0.05, 0) is 24.3 Å². The molecule has 21 heavy (non-hydrogen) atoms. The summed E-state index contributed by atoms with van der Waals surface area (Å²) in [7, 11) is 0. The predicted molar refractivity (Wildman–Crippen MR) is 80.2 cm³/mol. The summed E-state index contributed by atoms with van der Waals surface area (Å²) in [6, 6.07) is 6.67. The number of carboxylic acid groups (broad SMARTS) is 1. The first-order chi connectivity index (χ1) is 9.95. The van der Waals surface area contributed by atoms with E-state index in [0.29, 0.717) is 5.69 Å². The number of hydrogen-bond donors (Lipinski definition) is 2. The number of halogens is 1. The lowest BCUT2D eigenvalue weighted by molar-refractivity contribution is -0.141. The molecular formula is C14H14BrN3O3. The van der Waals surface area contributed by atoms with Crippen LogP contribution in [-0.4, -0.2) is 32.6 Å². The summed E-state index contributed by atoms with van der Waals surface area (Å²) in [6.45, 7) is 1.29. The molecule has 0 aliphatic heterocycles. The van der Waals surface area contributed by atoms with Gasteiger partial charge in [0.25, 0.3) is 0 Å². The highest BCUT2D eigenvalue weighted by atomic mass is 79.9. The molecule has 0 radical (unpaired) electrons. The zero-order chi connectivity index (χ0) is 15.4. The Kier molecular flexibility index (Phi) is 4.74. The van der Waals surface area contributed by atoms with Crippen LogP contribution >= 0.6 is 15.9 Å². The first kappa shape index (κ1) is 15.2. The second-order valence-corrected chi connectivity index (χ2v) is 5.46. The number of rotatable bonds is 5. The lowest BCUT2D eigenvalue weighted by Crippen LogP contribution is -2.41. The molecule has 6 nitrogen and oxygen atoms in total. The Morgan fingerprint density at radius 1 is 1.38 bits per heavy atom. The van der Waals surface area contributed by atoms with Crippen molar-refractivity contribution in [2.24, 2.45) is 0 Å². The third-order valence-corrected chi connectivity index (χ3v) is 3.38. The highest BCUT2D eigenvalue weighted by Crippen LogP contribution is 2.14. The number of imidazole rings is 1. The molecule has 0 fully saturated rings. The van der Waals surface area contributed by atoms with Gasteiger partial charge in [0.05, 0.1) is 12.0 Å². The summed E-state index contributed by atoms with van der Waals surface area (Å²) in [6.07, 6.45) is 3.50. The number of carbonyl (C=O) groups is 2. The van der Waals surface area contributed by atoms with Gasteiger partial charge in [0, 0.05) is 29.7 Å². The monoisotopic (exact) mass is 351 g/mol. The van der Waals surface area contributed by atoms with Crippen LogP contribution in [-0.2, 0) is 16.0 Å². The molecule has 110 valence electrons. The molecule has 7 heteroatoms. The van der Waals surface area contributed by atoms with Gasteiger partial charge in [0.1, 0.15) is 6.04 Å². The van der Waals surface area contributed by atoms with E-state index < -0.39 is 12.0 Å². The van der Waals surface area contributed by atoms with Crippen molar-refractivity contribution < 1.29 is 14.7 Å². The summed E-state index contributed by atoms with van der Waals surface area (Å²) < 4.78 is 2.78. The van der Waals surface area contributed by atoms with E-state index in [1.807, 2.05) is 24.3 Å². The van der Waals surface area contributed by atoms with Gasteiger partial charge in [-0.2, -0.15) is 0 Å². The van der Waals surface area contributed by atoms with Crippen LogP contribution < -0.4 is 5.32 Å². The predicted octanol–water partition coefficient (Wildman–Crippen LogP) is 1.77. The second kappa shape index (κ2) is 6.53. The third kappa shape index (κ3) is 4.16. The van der Waals surface area contributed by atoms with E-state index in [2.05, 4.69) is 26.2 Å². The first-order valence-electron chi connectivity index (χ1n) is 6.24. The average molecular weight is 352 g/mol. The van der Waals surface area contributed by atoms with Gasteiger partial charge in [0.2, 0.25) is 5.91 Å². The maximum absolute atomic E-state index is 11.1. The maximum atomic E-state index is 11.1. The third-order valence-electron chi connectivity index (χ3n) is 2.85.